The first-order valence-electron chi connectivity index (χ1n) is 11.7. The van der Waals surface area contributed by atoms with E-state index in [4.69, 9.17) is 16.6 Å². The maximum atomic E-state index is 13.8. The molecule has 4 aromatic rings. The molecule has 0 radical (unpaired) electrons. The Morgan fingerprint density at radius 2 is 1.83 bits per heavy atom. The summed E-state index contributed by atoms with van der Waals surface area (Å²) >= 11 is 8.52. The minimum absolute atomic E-state index is 0.0298. The molecule has 0 atom stereocenters. The van der Waals surface area contributed by atoms with Crippen molar-refractivity contribution in [2.24, 2.45) is 5.92 Å². The number of piperidine rings is 1. The monoisotopic (exact) mass is 560 g/mol. The zero-order valence-corrected chi connectivity index (χ0v) is 22.8. The third-order valence-electron chi connectivity index (χ3n) is 6.38. The molecular weight excluding hydrogens is 536 g/mol. The Balaban J connectivity index is 1.38. The molecule has 1 aliphatic heterocycles. The van der Waals surface area contributed by atoms with Gasteiger partial charge in [0.05, 0.1) is 21.1 Å². The molecule has 0 spiro atoms. The summed E-state index contributed by atoms with van der Waals surface area (Å²) in [6.07, 6.45) is 5.26. The number of fused-ring (bicyclic) bond motifs is 1. The van der Waals surface area contributed by atoms with Crippen molar-refractivity contribution in [2.45, 2.75) is 36.9 Å². The van der Waals surface area contributed by atoms with Gasteiger partial charge < -0.3 is 0 Å². The van der Waals surface area contributed by atoms with Gasteiger partial charge in [-0.1, -0.05) is 35.9 Å². The van der Waals surface area contributed by atoms with Crippen LogP contribution in [-0.2, 0) is 27.8 Å². The number of amides is 1. The third-order valence-corrected chi connectivity index (χ3v) is 11.0. The number of pyridine rings is 1. The van der Waals surface area contributed by atoms with Crippen LogP contribution in [0.3, 0.4) is 0 Å². The summed E-state index contributed by atoms with van der Waals surface area (Å²) < 4.78 is 29.2. The van der Waals surface area contributed by atoms with E-state index in [0.717, 1.165) is 33.5 Å². The summed E-state index contributed by atoms with van der Waals surface area (Å²) in [5, 5.41) is 0.656. The fraction of sp³-hybridized carbons (Fsp3) is 0.320. The molecule has 1 aromatic carbocycles. The highest BCUT2D eigenvalue weighted by Gasteiger charge is 2.35. The minimum atomic E-state index is -3.61. The number of halogens is 1. The zero-order valence-electron chi connectivity index (χ0n) is 19.6. The highest BCUT2D eigenvalue weighted by molar-refractivity contribution is 7.91. The fourth-order valence-electron chi connectivity index (χ4n) is 4.33. The molecule has 0 N–H and O–H groups in total. The average molecular weight is 561 g/mol. The predicted octanol–water partition coefficient (Wildman–Crippen LogP) is 5.60. The summed E-state index contributed by atoms with van der Waals surface area (Å²) in [6, 6.07) is 13.1. The van der Waals surface area contributed by atoms with Crippen LogP contribution in [0.15, 0.2) is 59.1 Å². The maximum absolute atomic E-state index is 13.8. The highest BCUT2D eigenvalue weighted by atomic mass is 35.5. The van der Waals surface area contributed by atoms with Gasteiger partial charge in [-0.3, -0.25) is 14.7 Å². The predicted molar refractivity (Wildman–Crippen MR) is 145 cm³/mol. The number of hydrogen-bond donors (Lipinski definition) is 0. The first-order chi connectivity index (χ1) is 17.3. The van der Waals surface area contributed by atoms with E-state index < -0.39 is 10.0 Å². The number of thiazole rings is 1. The van der Waals surface area contributed by atoms with Crippen molar-refractivity contribution >= 4 is 65.6 Å². The second-order valence-corrected chi connectivity index (χ2v) is 13.6. The van der Waals surface area contributed by atoms with Crippen LogP contribution < -0.4 is 4.90 Å². The van der Waals surface area contributed by atoms with Crippen LogP contribution in [0.1, 0.15) is 30.9 Å². The lowest BCUT2D eigenvalue weighted by Gasteiger charge is -2.32. The second-order valence-electron chi connectivity index (χ2n) is 8.67. The number of rotatable bonds is 7. The van der Waals surface area contributed by atoms with Crippen LogP contribution in [-0.4, -0.2) is 41.7 Å². The van der Waals surface area contributed by atoms with Gasteiger partial charge in [-0.05, 0) is 66.8 Å². The number of thiophene rings is 1. The molecule has 7 nitrogen and oxygen atoms in total. The number of anilines is 1. The largest absolute Gasteiger partial charge is 0.283 e. The molecule has 3 aromatic heterocycles. The van der Waals surface area contributed by atoms with Gasteiger partial charge in [0.1, 0.15) is 4.21 Å². The van der Waals surface area contributed by atoms with E-state index >= 15 is 0 Å². The van der Waals surface area contributed by atoms with Crippen LogP contribution in [0, 0.1) is 5.92 Å². The van der Waals surface area contributed by atoms with Gasteiger partial charge >= 0.3 is 0 Å². The van der Waals surface area contributed by atoms with Gasteiger partial charge in [0.15, 0.2) is 5.13 Å². The van der Waals surface area contributed by atoms with Gasteiger partial charge in [0.25, 0.3) is 10.0 Å². The lowest BCUT2D eigenvalue weighted by molar-refractivity contribution is -0.123. The van der Waals surface area contributed by atoms with Crippen molar-refractivity contribution < 1.29 is 13.2 Å². The molecule has 0 saturated carbocycles. The topological polar surface area (TPSA) is 83.5 Å². The smallest absolute Gasteiger partial charge is 0.252 e. The summed E-state index contributed by atoms with van der Waals surface area (Å²) in [5.41, 5.74) is 3.06. The Labute approximate surface area is 223 Å². The Hall–Kier alpha value is -2.37. The number of carbonyl (C=O) groups excluding carboxylic acids is 1. The summed E-state index contributed by atoms with van der Waals surface area (Å²) in [5.74, 6) is -0.318. The first-order valence-corrected chi connectivity index (χ1v) is 15.2. The molecule has 4 heterocycles. The molecular formula is C25H25ClN4O3S3. The molecule has 1 aliphatic rings. The van der Waals surface area contributed by atoms with Crippen molar-refractivity contribution in [2.75, 3.05) is 18.0 Å². The van der Waals surface area contributed by atoms with Crippen molar-refractivity contribution in [1.29, 1.82) is 0 Å². The first kappa shape index (κ1) is 25.3. The number of sulfonamides is 1. The highest BCUT2D eigenvalue weighted by Crippen LogP contribution is 2.34. The molecule has 11 heteroatoms. The van der Waals surface area contributed by atoms with E-state index in [2.05, 4.69) is 24.0 Å². The van der Waals surface area contributed by atoms with Gasteiger partial charge in [-0.2, -0.15) is 4.31 Å². The standard InChI is InChI=1S/C25H25ClN4O3S3/c1-2-17-3-4-20-21(15-17)34-25(28-20)30(16-18-7-11-27-12-8-18)24(31)19-9-13-29(14-10-19)36(32,33)23-6-5-22(26)35-23/h3-8,11-12,15,19H,2,9-10,13-14,16H2,1H3. The van der Waals surface area contributed by atoms with Crippen molar-refractivity contribution in [3.63, 3.8) is 0 Å². The van der Waals surface area contributed by atoms with Gasteiger partial charge in [-0.15, -0.1) is 11.3 Å². The van der Waals surface area contributed by atoms with Gasteiger partial charge in [-0.25, -0.2) is 13.4 Å². The number of hydrogen-bond acceptors (Lipinski definition) is 7. The zero-order chi connectivity index (χ0) is 25.3. The summed E-state index contributed by atoms with van der Waals surface area (Å²) in [6.45, 7) is 3.07. The lowest BCUT2D eigenvalue weighted by atomic mass is 9.96. The lowest BCUT2D eigenvalue weighted by Crippen LogP contribution is -2.44. The average Bonchev–Trinajstić information content (AvgIpc) is 3.53. The number of benzene rings is 1. The molecule has 1 fully saturated rings. The molecule has 0 unspecified atom stereocenters. The van der Waals surface area contributed by atoms with E-state index in [0.29, 0.717) is 28.9 Å². The maximum Gasteiger partial charge on any atom is 0.252 e. The van der Waals surface area contributed by atoms with Crippen LogP contribution >= 0.6 is 34.3 Å². The van der Waals surface area contributed by atoms with Gasteiger partial charge in [0, 0.05) is 31.4 Å². The molecule has 36 heavy (non-hydrogen) atoms. The number of carbonyl (C=O) groups is 1. The fourth-order valence-corrected chi connectivity index (χ4v) is 8.47. The van der Waals surface area contributed by atoms with Crippen molar-refractivity contribution in [1.82, 2.24) is 14.3 Å². The second kappa shape index (κ2) is 10.5. The molecule has 1 amide bonds. The number of nitrogens with zero attached hydrogens (tertiary/aromatic N) is 4. The van der Waals surface area contributed by atoms with E-state index in [9.17, 15) is 13.2 Å². The van der Waals surface area contributed by atoms with Gasteiger partial charge in [0.2, 0.25) is 5.91 Å². The number of aryl methyl sites for hydroxylation is 1. The molecule has 1 saturated heterocycles. The van der Waals surface area contributed by atoms with Crippen LogP contribution in [0.4, 0.5) is 5.13 Å². The Morgan fingerprint density at radius 1 is 1.08 bits per heavy atom. The van der Waals surface area contributed by atoms with Crippen molar-refractivity contribution in [3.05, 3.63) is 70.3 Å². The minimum Gasteiger partial charge on any atom is -0.283 e. The summed E-state index contributed by atoms with van der Waals surface area (Å²) in [4.78, 5) is 24.4. The third kappa shape index (κ3) is 5.19. The van der Waals surface area contributed by atoms with Crippen LogP contribution in [0.25, 0.3) is 10.2 Å². The normalized spacial score (nSPS) is 15.4. The van der Waals surface area contributed by atoms with Crippen LogP contribution in [0.2, 0.25) is 4.34 Å². The molecule has 188 valence electrons. The van der Waals surface area contributed by atoms with E-state index in [1.54, 1.807) is 23.4 Å². The van der Waals surface area contributed by atoms with E-state index in [-0.39, 0.29) is 29.1 Å². The van der Waals surface area contributed by atoms with E-state index in [1.807, 2.05) is 18.2 Å². The summed E-state index contributed by atoms with van der Waals surface area (Å²) in [7, 11) is -3.61. The molecule has 0 aliphatic carbocycles. The molecule has 0 bridgehead atoms. The SMILES string of the molecule is CCc1ccc2nc(N(Cc3ccncc3)C(=O)C3CCN(S(=O)(=O)c4ccc(Cl)s4)CC3)sc2c1. The van der Waals surface area contributed by atoms with Crippen molar-refractivity contribution in [3.8, 4) is 0 Å². The molecule has 5 rings (SSSR count). The Kier molecular flexibility index (Phi) is 7.41. The Morgan fingerprint density at radius 3 is 2.50 bits per heavy atom. The van der Waals surface area contributed by atoms with Crippen LogP contribution in [0.5, 0.6) is 0 Å². The quantitative estimate of drug-likeness (QED) is 0.294. The van der Waals surface area contributed by atoms with E-state index in [1.165, 1.54) is 27.3 Å². The Bertz CT molecular complexity index is 1480. The number of aromatic nitrogens is 2.